The third-order valence-corrected chi connectivity index (χ3v) is 2.82. The van der Waals surface area contributed by atoms with Crippen molar-refractivity contribution < 1.29 is 19.0 Å². The molecule has 0 aliphatic carbocycles. The summed E-state index contributed by atoms with van der Waals surface area (Å²) >= 11 is 0. The first-order chi connectivity index (χ1) is 7.39. The van der Waals surface area contributed by atoms with Gasteiger partial charge < -0.3 is 9.84 Å². The zero-order chi connectivity index (χ0) is 12.3. The minimum absolute atomic E-state index is 0.307. The third-order valence-electron chi connectivity index (χ3n) is 2.82. The number of carboxylic acid groups (broad SMARTS) is 1. The fourth-order valence-corrected chi connectivity index (χ4v) is 1.41. The van der Waals surface area contributed by atoms with Crippen molar-refractivity contribution in [3.63, 3.8) is 0 Å². The number of ether oxygens (including phenoxy) is 1. The Balaban J connectivity index is 3.10. The summed E-state index contributed by atoms with van der Waals surface area (Å²) in [6, 6.07) is 6.40. The Bertz CT molecular complexity index is 388. The maximum absolute atomic E-state index is 14.3. The van der Waals surface area contributed by atoms with Crippen molar-refractivity contribution in [1.82, 2.24) is 0 Å². The zero-order valence-electron chi connectivity index (χ0n) is 9.53. The highest BCUT2D eigenvalue weighted by Gasteiger charge is 2.37. The third kappa shape index (κ3) is 2.32. The van der Waals surface area contributed by atoms with Crippen molar-refractivity contribution in [1.29, 1.82) is 0 Å². The van der Waals surface area contributed by atoms with Crippen LogP contribution in [-0.2, 0) is 10.5 Å². The molecule has 1 aromatic carbocycles. The Hall–Kier alpha value is -1.58. The number of methoxy groups -OCH3 is 1. The molecule has 0 radical (unpaired) electrons. The maximum atomic E-state index is 14.3. The van der Waals surface area contributed by atoms with E-state index in [0.29, 0.717) is 11.3 Å². The molecule has 3 nitrogen and oxygen atoms in total. The van der Waals surface area contributed by atoms with Gasteiger partial charge in [0.1, 0.15) is 11.4 Å². The Morgan fingerprint density at radius 2 is 2.19 bits per heavy atom. The second-order valence-electron chi connectivity index (χ2n) is 3.87. The predicted octanol–water partition coefficient (Wildman–Crippen LogP) is 2.60. The second kappa shape index (κ2) is 4.51. The second-order valence-corrected chi connectivity index (χ2v) is 3.87. The summed E-state index contributed by atoms with van der Waals surface area (Å²) in [5, 5.41) is 8.83. The summed E-state index contributed by atoms with van der Waals surface area (Å²) < 4.78 is 19.3. The molecule has 0 fully saturated rings. The molecule has 0 amide bonds. The van der Waals surface area contributed by atoms with Crippen LogP contribution in [0.15, 0.2) is 24.3 Å². The average Bonchev–Trinajstić information content (AvgIpc) is 2.27. The van der Waals surface area contributed by atoms with Gasteiger partial charge in [0.25, 0.3) is 0 Å². The molecule has 88 valence electrons. The van der Waals surface area contributed by atoms with Gasteiger partial charge in [-0.15, -0.1) is 0 Å². The van der Waals surface area contributed by atoms with E-state index >= 15 is 0 Å². The summed E-state index contributed by atoms with van der Waals surface area (Å²) in [4.78, 5) is 10.8. The zero-order valence-corrected chi connectivity index (χ0v) is 9.53. The van der Waals surface area contributed by atoms with Gasteiger partial charge >= 0.3 is 5.97 Å². The van der Waals surface area contributed by atoms with Crippen molar-refractivity contribution in [2.24, 2.45) is 5.92 Å². The van der Waals surface area contributed by atoms with E-state index in [0.717, 1.165) is 0 Å². The van der Waals surface area contributed by atoms with E-state index in [1.807, 2.05) is 0 Å². The number of carboxylic acids is 1. The van der Waals surface area contributed by atoms with Crippen molar-refractivity contribution in [3.05, 3.63) is 29.8 Å². The highest BCUT2D eigenvalue weighted by atomic mass is 19.1. The van der Waals surface area contributed by atoms with E-state index in [-0.39, 0.29) is 0 Å². The van der Waals surface area contributed by atoms with Gasteiger partial charge in [-0.2, -0.15) is 0 Å². The van der Waals surface area contributed by atoms with Gasteiger partial charge in [0.05, 0.1) is 13.0 Å². The number of hydrogen-bond acceptors (Lipinski definition) is 2. The number of carbonyl (C=O) groups is 1. The molecule has 0 saturated carbocycles. The lowest BCUT2D eigenvalue weighted by atomic mass is 9.86. The summed E-state index contributed by atoms with van der Waals surface area (Å²) in [6.45, 7) is 2.61. The smallest absolute Gasteiger partial charge is 0.309 e. The highest BCUT2D eigenvalue weighted by Crippen LogP contribution is 2.35. The predicted molar refractivity (Wildman–Crippen MR) is 58.3 cm³/mol. The standard InChI is InChI=1S/C12H15FO3/c1-8(11(14)15)12(2,13)9-5-4-6-10(7-9)16-3/h4-8H,1-3H3,(H,14,15). The van der Waals surface area contributed by atoms with Crippen LogP contribution in [0.4, 0.5) is 4.39 Å². The number of hydrogen-bond donors (Lipinski definition) is 1. The van der Waals surface area contributed by atoms with Crippen LogP contribution in [-0.4, -0.2) is 18.2 Å². The number of benzene rings is 1. The Morgan fingerprint density at radius 3 is 2.69 bits per heavy atom. The molecule has 1 N–H and O–H groups in total. The minimum Gasteiger partial charge on any atom is -0.497 e. The quantitative estimate of drug-likeness (QED) is 0.858. The summed E-state index contributed by atoms with van der Waals surface area (Å²) in [5.74, 6) is -1.76. The van der Waals surface area contributed by atoms with Crippen LogP contribution in [0.2, 0.25) is 0 Å². The maximum Gasteiger partial charge on any atom is 0.309 e. The normalized spacial score (nSPS) is 16.2. The molecule has 0 aliphatic heterocycles. The molecule has 1 aromatic rings. The summed E-state index contributed by atoms with van der Waals surface area (Å²) in [7, 11) is 1.48. The molecular weight excluding hydrogens is 211 g/mol. The Kier molecular flexibility index (Phi) is 3.52. The average molecular weight is 226 g/mol. The van der Waals surface area contributed by atoms with E-state index in [1.165, 1.54) is 27.0 Å². The lowest BCUT2D eigenvalue weighted by molar-refractivity contribution is -0.146. The molecular formula is C12H15FO3. The fourth-order valence-electron chi connectivity index (χ4n) is 1.41. The van der Waals surface area contributed by atoms with Gasteiger partial charge in [-0.25, -0.2) is 4.39 Å². The van der Waals surface area contributed by atoms with Crippen molar-refractivity contribution >= 4 is 5.97 Å². The van der Waals surface area contributed by atoms with E-state index < -0.39 is 17.6 Å². The van der Waals surface area contributed by atoms with Crippen LogP contribution < -0.4 is 4.74 Å². The van der Waals surface area contributed by atoms with Crippen molar-refractivity contribution in [2.45, 2.75) is 19.5 Å². The van der Waals surface area contributed by atoms with E-state index in [2.05, 4.69) is 0 Å². The van der Waals surface area contributed by atoms with Crippen LogP contribution in [0.3, 0.4) is 0 Å². The SMILES string of the molecule is COc1cccc(C(C)(F)C(C)C(=O)O)c1. The minimum atomic E-state index is -1.92. The van der Waals surface area contributed by atoms with Crippen molar-refractivity contribution in [3.8, 4) is 5.75 Å². The lowest BCUT2D eigenvalue weighted by Gasteiger charge is -2.25. The molecule has 0 saturated heterocycles. The Labute approximate surface area is 93.9 Å². The first-order valence-corrected chi connectivity index (χ1v) is 4.96. The van der Waals surface area contributed by atoms with E-state index in [9.17, 15) is 9.18 Å². The van der Waals surface area contributed by atoms with Crippen LogP contribution in [0.25, 0.3) is 0 Å². The number of rotatable bonds is 4. The van der Waals surface area contributed by atoms with Crippen LogP contribution in [0.5, 0.6) is 5.75 Å². The number of halogens is 1. The Morgan fingerprint density at radius 1 is 1.56 bits per heavy atom. The molecule has 4 heteroatoms. The van der Waals surface area contributed by atoms with E-state index in [4.69, 9.17) is 9.84 Å². The van der Waals surface area contributed by atoms with E-state index in [1.54, 1.807) is 18.2 Å². The first-order valence-electron chi connectivity index (χ1n) is 4.96. The summed E-state index contributed by atoms with van der Waals surface area (Å²) in [5.41, 5.74) is -1.61. The van der Waals surface area contributed by atoms with Gasteiger partial charge in [-0.1, -0.05) is 12.1 Å². The number of alkyl halides is 1. The van der Waals surface area contributed by atoms with Crippen LogP contribution in [0, 0.1) is 5.92 Å². The largest absolute Gasteiger partial charge is 0.497 e. The lowest BCUT2D eigenvalue weighted by Crippen LogP contribution is -2.31. The van der Waals surface area contributed by atoms with Crippen LogP contribution in [0.1, 0.15) is 19.4 Å². The highest BCUT2D eigenvalue weighted by molar-refractivity contribution is 5.71. The van der Waals surface area contributed by atoms with Crippen molar-refractivity contribution in [2.75, 3.05) is 7.11 Å². The fraction of sp³-hybridized carbons (Fsp3) is 0.417. The number of aliphatic carboxylic acids is 1. The molecule has 0 aromatic heterocycles. The van der Waals surface area contributed by atoms with Gasteiger partial charge in [0.15, 0.2) is 0 Å². The molecule has 0 spiro atoms. The van der Waals surface area contributed by atoms with Gasteiger partial charge in [0, 0.05) is 0 Å². The van der Waals surface area contributed by atoms with Gasteiger partial charge in [-0.05, 0) is 31.5 Å². The molecule has 1 rings (SSSR count). The molecule has 2 unspecified atom stereocenters. The molecule has 0 aliphatic rings. The molecule has 2 atom stereocenters. The van der Waals surface area contributed by atoms with Gasteiger partial charge in [-0.3, -0.25) is 4.79 Å². The molecule has 0 bridgehead atoms. The first kappa shape index (κ1) is 12.5. The summed E-state index contributed by atoms with van der Waals surface area (Å²) in [6.07, 6.45) is 0. The molecule has 16 heavy (non-hydrogen) atoms. The topological polar surface area (TPSA) is 46.5 Å². The monoisotopic (exact) mass is 226 g/mol. The molecule has 0 heterocycles. The van der Waals surface area contributed by atoms with Crippen LogP contribution >= 0.6 is 0 Å². The van der Waals surface area contributed by atoms with Gasteiger partial charge in [0.2, 0.25) is 0 Å².